The van der Waals surface area contributed by atoms with Crippen molar-refractivity contribution in [1.82, 2.24) is 4.90 Å². The maximum Gasteiger partial charge on any atom is 0.303 e. The van der Waals surface area contributed by atoms with Crippen molar-refractivity contribution in [3.8, 4) is 0 Å². The van der Waals surface area contributed by atoms with Crippen molar-refractivity contribution in [2.45, 2.75) is 51.0 Å². The van der Waals surface area contributed by atoms with E-state index in [1.807, 2.05) is 0 Å². The van der Waals surface area contributed by atoms with Crippen molar-refractivity contribution in [2.24, 2.45) is 5.92 Å². The minimum atomic E-state index is -0.648. The van der Waals surface area contributed by atoms with Gasteiger partial charge in [0, 0.05) is 12.5 Å². The summed E-state index contributed by atoms with van der Waals surface area (Å²) in [6.45, 7) is 4.42. The molecule has 1 aromatic carbocycles. The Hall–Kier alpha value is -1.35. The van der Waals surface area contributed by atoms with Crippen LogP contribution < -0.4 is 0 Å². The normalized spacial score (nSPS) is 27.3. The molecule has 2 atom stereocenters. The molecule has 1 heterocycles. The minimum absolute atomic E-state index is 0.339. The number of carboxylic acids is 1. The van der Waals surface area contributed by atoms with E-state index < -0.39 is 5.97 Å². The Balaban J connectivity index is 1.69. The van der Waals surface area contributed by atoms with Crippen LogP contribution in [-0.4, -0.2) is 29.1 Å². The molecule has 1 aromatic rings. The molecule has 1 fully saturated rings. The van der Waals surface area contributed by atoms with Crippen LogP contribution in [0.4, 0.5) is 0 Å². The van der Waals surface area contributed by atoms with Gasteiger partial charge in [-0.05, 0) is 61.7 Å². The quantitative estimate of drug-likeness (QED) is 0.919. The second-order valence-electron chi connectivity index (χ2n) is 6.70. The first-order chi connectivity index (χ1) is 10.1. The molecule has 0 bridgehead atoms. The molecule has 2 aliphatic rings. The molecule has 1 aliphatic heterocycles. The highest BCUT2D eigenvalue weighted by molar-refractivity contribution is 5.67. The molecule has 1 N–H and O–H groups in total. The third-order valence-corrected chi connectivity index (χ3v) is 5.31. The van der Waals surface area contributed by atoms with Crippen molar-refractivity contribution in [3.05, 3.63) is 35.4 Å². The van der Waals surface area contributed by atoms with Gasteiger partial charge in [0.05, 0.1) is 0 Å². The Morgan fingerprint density at radius 1 is 1.14 bits per heavy atom. The van der Waals surface area contributed by atoms with Gasteiger partial charge in [0.2, 0.25) is 0 Å². The zero-order valence-corrected chi connectivity index (χ0v) is 12.8. The summed E-state index contributed by atoms with van der Waals surface area (Å²) >= 11 is 0. The van der Waals surface area contributed by atoms with Crippen LogP contribution >= 0.6 is 0 Å². The highest BCUT2D eigenvalue weighted by Crippen LogP contribution is 2.41. The zero-order chi connectivity index (χ0) is 14.8. The number of piperidine rings is 1. The van der Waals surface area contributed by atoms with Crippen molar-refractivity contribution in [3.63, 3.8) is 0 Å². The van der Waals surface area contributed by atoms with Crippen molar-refractivity contribution < 1.29 is 9.90 Å². The molecule has 0 radical (unpaired) electrons. The Kier molecular flexibility index (Phi) is 4.29. The molecule has 1 saturated heterocycles. The largest absolute Gasteiger partial charge is 0.481 e. The minimum Gasteiger partial charge on any atom is -0.481 e. The summed E-state index contributed by atoms with van der Waals surface area (Å²) < 4.78 is 0. The van der Waals surface area contributed by atoms with Gasteiger partial charge >= 0.3 is 5.97 Å². The van der Waals surface area contributed by atoms with Gasteiger partial charge < -0.3 is 5.11 Å². The Bertz CT molecular complexity index is 506. The standard InChI is InChI=1S/C18H25NO2/c1-13-6-7-17(16-5-3-2-4-15(13)16)19-10-8-14(9-11-19)12-18(20)21/h2-5,13-14,17H,6-12H2,1H3,(H,20,21). The molecule has 114 valence electrons. The number of fused-ring (bicyclic) bond motifs is 1. The summed E-state index contributed by atoms with van der Waals surface area (Å²) in [6, 6.07) is 9.42. The average Bonchev–Trinajstić information content (AvgIpc) is 2.48. The molecular weight excluding hydrogens is 262 g/mol. The van der Waals surface area contributed by atoms with E-state index >= 15 is 0 Å². The maximum absolute atomic E-state index is 10.8. The lowest BCUT2D eigenvalue weighted by atomic mass is 9.79. The molecule has 0 aromatic heterocycles. The van der Waals surface area contributed by atoms with E-state index in [4.69, 9.17) is 5.11 Å². The Morgan fingerprint density at radius 2 is 1.81 bits per heavy atom. The topological polar surface area (TPSA) is 40.5 Å². The number of hydrogen-bond acceptors (Lipinski definition) is 2. The average molecular weight is 287 g/mol. The van der Waals surface area contributed by atoms with Crippen LogP contribution in [0.3, 0.4) is 0 Å². The van der Waals surface area contributed by atoms with Gasteiger partial charge in [-0.15, -0.1) is 0 Å². The lowest BCUT2D eigenvalue weighted by Crippen LogP contribution is -2.38. The summed E-state index contributed by atoms with van der Waals surface area (Å²) in [7, 11) is 0. The zero-order valence-electron chi connectivity index (χ0n) is 12.8. The lowest BCUT2D eigenvalue weighted by molar-refractivity contribution is -0.138. The van der Waals surface area contributed by atoms with E-state index in [0.717, 1.165) is 25.9 Å². The molecule has 0 amide bonds. The smallest absolute Gasteiger partial charge is 0.303 e. The number of aliphatic carboxylic acids is 1. The number of carbonyl (C=O) groups is 1. The van der Waals surface area contributed by atoms with E-state index in [0.29, 0.717) is 24.3 Å². The summed E-state index contributed by atoms with van der Waals surface area (Å²) in [4.78, 5) is 13.4. The first kappa shape index (κ1) is 14.6. The molecule has 0 saturated carbocycles. The second-order valence-corrected chi connectivity index (χ2v) is 6.70. The van der Waals surface area contributed by atoms with Gasteiger partial charge in [-0.3, -0.25) is 9.69 Å². The van der Waals surface area contributed by atoms with E-state index in [2.05, 4.69) is 36.1 Å². The fraction of sp³-hybridized carbons (Fsp3) is 0.611. The van der Waals surface area contributed by atoms with E-state index in [1.165, 1.54) is 24.0 Å². The number of hydrogen-bond donors (Lipinski definition) is 1. The van der Waals surface area contributed by atoms with Crippen molar-refractivity contribution in [2.75, 3.05) is 13.1 Å². The molecule has 21 heavy (non-hydrogen) atoms. The van der Waals surface area contributed by atoms with Crippen LogP contribution in [-0.2, 0) is 4.79 Å². The third kappa shape index (κ3) is 3.13. The Morgan fingerprint density at radius 3 is 2.48 bits per heavy atom. The fourth-order valence-electron chi connectivity index (χ4n) is 4.08. The number of benzene rings is 1. The highest BCUT2D eigenvalue weighted by atomic mass is 16.4. The van der Waals surface area contributed by atoms with Gasteiger partial charge in [-0.1, -0.05) is 31.2 Å². The van der Waals surface area contributed by atoms with Crippen LogP contribution in [0.1, 0.15) is 62.1 Å². The molecule has 3 rings (SSSR count). The molecule has 3 heteroatoms. The second kappa shape index (κ2) is 6.18. The van der Waals surface area contributed by atoms with E-state index in [1.54, 1.807) is 0 Å². The van der Waals surface area contributed by atoms with Crippen LogP contribution in [0.5, 0.6) is 0 Å². The van der Waals surface area contributed by atoms with Crippen LogP contribution in [0, 0.1) is 5.92 Å². The maximum atomic E-state index is 10.8. The van der Waals surface area contributed by atoms with Crippen LogP contribution in [0.15, 0.2) is 24.3 Å². The number of likely N-dealkylation sites (tertiary alicyclic amines) is 1. The SMILES string of the molecule is CC1CCC(N2CCC(CC(=O)O)CC2)c2ccccc21. The first-order valence-corrected chi connectivity index (χ1v) is 8.20. The monoisotopic (exact) mass is 287 g/mol. The van der Waals surface area contributed by atoms with E-state index in [9.17, 15) is 4.79 Å². The fourth-order valence-corrected chi connectivity index (χ4v) is 4.08. The van der Waals surface area contributed by atoms with Gasteiger partial charge in [-0.2, -0.15) is 0 Å². The Labute approximate surface area is 127 Å². The summed E-state index contributed by atoms with van der Waals surface area (Å²) in [5.74, 6) is 0.392. The van der Waals surface area contributed by atoms with Crippen LogP contribution in [0.25, 0.3) is 0 Å². The third-order valence-electron chi connectivity index (χ3n) is 5.31. The lowest BCUT2D eigenvalue weighted by Gasteiger charge is -2.41. The predicted octanol–water partition coefficient (Wildman–Crippen LogP) is 3.81. The van der Waals surface area contributed by atoms with Gasteiger partial charge in [0.25, 0.3) is 0 Å². The first-order valence-electron chi connectivity index (χ1n) is 8.20. The van der Waals surface area contributed by atoms with Crippen molar-refractivity contribution >= 4 is 5.97 Å². The summed E-state index contributed by atoms with van der Waals surface area (Å²) in [5.41, 5.74) is 3.02. The van der Waals surface area contributed by atoms with Crippen LogP contribution in [0.2, 0.25) is 0 Å². The van der Waals surface area contributed by atoms with E-state index in [-0.39, 0.29) is 0 Å². The number of carboxylic acid groups (broad SMARTS) is 1. The van der Waals surface area contributed by atoms with Gasteiger partial charge in [-0.25, -0.2) is 0 Å². The molecule has 1 aliphatic carbocycles. The van der Waals surface area contributed by atoms with Gasteiger partial charge in [0.15, 0.2) is 0 Å². The number of nitrogens with zero attached hydrogens (tertiary/aromatic N) is 1. The molecule has 0 spiro atoms. The molecule has 3 nitrogen and oxygen atoms in total. The number of rotatable bonds is 3. The molecule has 2 unspecified atom stereocenters. The highest BCUT2D eigenvalue weighted by Gasteiger charge is 2.31. The molecular formula is C18H25NO2. The summed E-state index contributed by atoms with van der Waals surface area (Å²) in [5, 5.41) is 8.93. The van der Waals surface area contributed by atoms with Gasteiger partial charge in [0.1, 0.15) is 0 Å². The summed E-state index contributed by atoms with van der Waals surface area (Å²) in [6.07, 6.45) is 4.89. The predicted molar refractivity (Wildman–Crippen MR) is 83.4 cm³/mol. The van der Waals surface area contributed by atoms with Crippen molar-refractivity contribution in [1.29, 1.82) is 0 Å².